The summed E-state index contributed by atoms with van der Waals surface area (Å²) >= 11 is 0. The highest BCUT2D eigenvalue weighted by Crippen LogP contribution is 2.41. The minimum atomic E-state index is -0.0958. The number of carbonyl (C=O) groups excluding carboxylic acids is 2. The molecule has 0 saturated carbocycles. The maximum absolute atomic E-state index is 13.3. The van der Waals surface area contributed by atoms with Gasteiger partial charge in [0.15, 0.2) is 0 Å². The summed E-state index contributed by atoms with van der Waals surface area (Å²) in [5.74, 6) is 0.874. The second kappa shape index (κ2) is 9.88. The lowest BCUT2D eigenvalue weighted by atomic mass is 9.78. The molecule has 1 aromatic carbocycles. The van der Waals surface area contributed by atoms with E-state index in [2.05, 4.69) is 25.9 Å². The molecular formula is C28H38N4O3. The summed E-state index contributed by atoms with van der Waals surface area (Å²) in [7, 11) is 1.85. The van der Waals surface area contributed by atoms with E-state index in [-0.39, 0.29) is 22.6 Å². The number of aryl methyl sites for hydroxylation is 1. The van der Waals surface area contributed by atoms with Crippen LogP contribution in [0.5, 0.6) is 5.75 Å². The SMILES string of the molecule is CCOc1ccccc1/C=C/C(=O)N1CCC2(CC1)CCN(C(=O)c1cc(C(C)(C)C)nn1C)C2. The first-order valence-corrected chi connectivity index (χ1v) is 12.6. The van der Waals surface area contributed by atoms with Gasteiger partial charge in [0, 0.05) is 50.3 Å². The molecule has 0 radical (unpaired) electrons. The van der Waals surface area contributed by atoms with Crippen LogP contribution < -0.4 is 4.74 Å². The van der Waals surface area contributed by atoms with Crippen molar-refractivity contribution in [1.82, 2.24) is 19.6 Å². The summed E-state index contributed by atoms with van der Waals surface area (Å²) < 4.78 is 7.36. The number of amides is 2. The van der Waals surface area contributed by atoms with E-state index in [0.29, 0.717) is 12.3 Å². The molecule has 3 heterocycles. The molecule has 2 aliphatic rings. The Kier molecular flexibility index (Phi) is 7.06. The standard InChI is InChI=1S/C28H38N4O3/c1-6-35-23-10-8-7-9-21(23)11-12-25(33)31-16-13-28(14-17-31)15-18-32(20-28)26(34)22-19-24(27(2,3)4)29-30(22)5/h7-12,19H,6,13-18,20H2,1-5H3/b12-11+. The molecule has 7 nitrogen and oxygen atoms in total. The molecule has 0 unspecified atom stereocenters. The van der Waals surface area contributed by atoms with Crippen LogP contribution in [-0.2, 0) is 17.3 Å². The Balaban J connectivity index is 1.35. The minimum absolute atomic E-state index is 0.0293. The van der Waals surface area contributed by atoms with Crippen LogP contribution in [-0.4, -0.2) is 64.2 Å². The third-order valence-corrected chi connectivity index (χ3v) is 7.35. The van der Waals surface area contributed by atoms with Crippen molar-refractivity contribution in [2.45, 2.75) is 52.4 Å². The monoisotopic (exact) mass is 478 g/mol. The molecule has 2 saturated heterocycles. The number of nitrogens with zero attached hydrogens (tertiary/aromatic N) is 4. The topological polar surface area (TPSA) is 67.7 Å². The number of piperidine rings is 1. The third-order valence-electron chi connectivity index (χ3n) is 7.35. The fourth-order valence-corrected chi connectivity index (χ4v) is 5.09. The van der Waals surface area contributed by atoms with Gasteiger partial charge in [-0.05, 0) is 49.8 Å². The lowest BCUT2D eigenvalue weighted by Crippen LogP contribution is -2.44. The summed E-state index contributed by atoms with van der Waals surface area (Å²) in [4.78, 5) is 30.0. The highest BCUT2D eigenvalue weighted by atomic mass is 16.5. The molecule has 0 bridgehead atoms. The zero-order valence-corrected chi connectivity index (χ0v) is 21.7. The second-order valence-electron chi connectivity index (χ2n) is 10.9. The van der Waals surface area contributed by atoms with E-state index in [4.69, 9.17) is 4.74 Å². The molecule has 1 aromatic heterocycles. The Morgan fingerprint density at radius 3 is 2.37 bits per heavy atom. The Hall–Kier alpha value is -3.09. The second-order valence-corrected chi connectivity index (χ2v) is 10.9. The van der Waals surface area contributed by atoms with Gasteiger partial charge in [0.25, 0.3) is 5.91 Å². The van der Waals surface area contributed by atoms with Gasteiger partial charge >= 0.3 is 0 Å². The first-order valence-electron chi connectivity index (χ1n) is 12.6. The van der Waals surface area contributed by atoms with Gasteiger partial charge in [0.05, 0.1) is 12.3 Å². The van der Waals surface area contributed by atoms with Crippen molar-refractivity contribution in [1.29, 1.82) is 0 Å². The molecule has 7 heteroatoms. The van der Waals surface area contributed by atoms with Crippen LogP contribution in [0, 0.1) is 5.41 Å². The van der Waals surface area contributed by atoms with Crippen molar-refractivity contribution in [3.8, 4) is 5.75 Å². The number of hydrogen-bond acceptors (Lipinski definition) is 4. The van der Waals surface area contributed by atoms with Crippen LogP contribution >= 0.6 is 0 Å². The Bertz CT molecular complexity index is 1100. The van der Waals surface area contributed by atoms with Crippen molar-refractivity contribution in [3.05, 3.63) is 53.4 Å². The fraction of sp³-hybridized carbons (Fsp3) is 0.536. The van der Waals surface area contributed by atoms with Crippen molar-refractivity contribution >= 4 is 17.9 Å². The summed E-state index contributed by atoms with van der Waals surface area (Å²) in [6.45, 7) is 11.8. The van der Waals surface area contributed by atoms with Gasteiger partial charge < -0.3 is 14.5 Å². The first-order chi connectivity index (χ1) is 16.6. The van der Waals surface area contributed by atoms with Gasteiger partial charge in [-0.25, -0.2) is 0 Å². The number of para-hydroxylation sites is 1. The summed E-state index contributed by atoms with van der Waals surface area (Å²) in [5.41, 5.74) is 2.49. The van der Waals surface area contributed by atoms with Crippen LogP contribution in [0.4, 0.5) is 0 Å². The van der Waals surface area contributed by atoms with Gasteiger partial charge in [0.2, 0.25) is 5.91 Å². The average Bonchev–Trinajstić information content (AvgIpc) is 3.42. The zero-order chi connectivity index (χ0) is 25.2. The van der Waals surface area contributed by atoms with E-state index in [1.165, 1.54) is 0 Å². The van der Waals surface area contributed by atoms with E-state index in [9.17, 15) is 9.59 Å². The molecule has 1 spiro atoms. The van der Waals surface area contributed by atoms with Crippen LogP contribution in [0.25, 0.3) is 6.08 Å². The molecule has 35 heavy (non-hydrogen) atoms. The van der Waals surface area contributed by atoms with Gasteiger partial charge in [-0.3, -0.25) is 14.3 Å². The number of aromatic nitrogens is 2. The van der Waals surface area contributed by atoms with Gasteiger partial charge in [-0.15, -0.1) is 0 Å². The number of rotatable bonds is 5. The molecule has 2 amide bonds. The number of benzene rings is 1. The van der Waals surface area contributed by atoms with E-state index >= 15 is 0 Å². The van der Waals surface area contributed by atoms with E-state index < -0.39 is 0 Å². The minimum Gasteiger partial charge on any atom is -0.493 e. The van der Waals surface area contributed by atoms with Crippen molar-refractivity contribution in [3.63, 3.8) is 0 Å². The van der Waals surface area contributed by atoms with Gasteiger partial charge in [-0.2, -0.15) is 5.10 Å². The average molecular weight is 479 g/mol. The highest BCUT2D eigenvalue weighted by Gasteiger charge is 2.43. The summed E-state index contributed by atoms with van der Waals surface area (Å²) in [5, 5.41) is 4.57. The molecule has 188 valence electrons. The van der Waals surface area contributed by atoms with E-state index in [1.807, 2.05) is 60.2 Å². The van der Waals surface area contributed by atoms with Crippen molar-refractivity contribution < 1.29 is 14.3 Å². The highest BCUT2D eigenvalue weighted by molar-refractivity contribution is 5.93. The quantitative estimate of drug-likeness (QED) is 0.602. The van der Waals surface area contributed by atoms with Gasteiger partial charge in [0.1, 0.15) is 11.4 Å². The Morgan fingerprint density at radius 1 is 1.09 bits per heavy atom. The Morgan fingerprint density at radius 2 is 1.74 bits per heavy atom. The fourth-order valence-electron chi connectivity index (χ4n) is 5.09. The molecular weight excluding hydrogens is 440 g/mol. The lowest BCUT2D eigenvalue weighted by molar-refractivity contribution is -0.128. The van der Waals surface area contributed by atoms with E-state index in [1.54, 1.807) is 10.8 Å². The van der Waals surface area contributed by atoms with Crippen LogP contribution in [0.1, 0.15) is 68.7 Å². The third kappa shape index (κ3) is 5.44. The number of ether oxygens (including phenoxy) is 1. The molecule has 0 aliphatic carbocycles. The predicted octanol–water partition coefficient (Wildman–Crippen LogP) is 4.28. The molecule has 2 aliphatic heterocycles. The number of likely N-dealkylation sites (tertiary alicyclic amines) is 2. The molecule has 2 fully saturated rings. The van der Waals surface area contributed by atoms with Gasteiger partial charge in [-0.1, -0.05) is 39.0 Å². The summed E-state index contributed by atoms with van der Waals surface area (Å²) in [6, 6.07) is 9.68. The molecule has 0 N–H and O–H groups in total. The molecule has 4 rings (SSSR count). The molecule has 2 aromatic rings. The smallest absolute Gasteiger partial charge is 0.272 e. The largest absolute Gasteiger partial charge is 0.493 e. The lowest BCUT2D eigenvalue weighted by Gasteiger charge is -2.38. The Labute approximate surface area is 208 Å². The molecule has 0 atom stereocenters. The van der Waals surface area contributed by atoms with Crippen molar-refractivity contribution in [2.75, 3.05) is 32.8 Å². The van der Waals surface area contributed by atoms with Crippen LogP contribution in [0.15, 0.2) is 36.4 Å². The van der Waals surface area contributed by atoms with Crippen LogP contribution in [0.2, 0.25) is 0 Å². The first kappa shape index (κ1) is 25.0. The predicted molar refractivity (Wildman–Crippen MR) is 137 cm³/mol. The maximum Gasteiger partial charge on any atom is 0.272 e. The van der Waals surface area contributed by atoms with Crippen LogP contribution in [0.3, 0.4) is 0 Å². The normalized spacial score (nSPS) is 18.0. The number of carbonyl (C=O) groups is 2. The number of hydrogen-bond donors (Lipinski definition) is 0. The maximum atomic E-state index is 13.3. The summed E-state index contributed by atoms with van der Waals surface area (Å²) in [6.07, 6.45) is 6.32. The van der Waals surface area contributed by atoms with E-state index in [0.717, 1.165) is 62.4 Å². The van der Waals surface area contributed by atoms with Crippen molar-refractivity contribution in [2.24, 2.45) is 12.5 Å². The zero-order valence-electron chi connectivity index (χ0n) is 21.7.